The van der Waals surface area contributed by atoms with Gasteiger partial charge in [0.2, 0.25) is 0 Å². The molecule has 8 nitrogen and oxygen atoms in total. The van der Waals surface area contributed by atoms with Gasteiger partial charge < -0.3 is 0 Å². The van der Waals surface area contributed by atoms with E-state index in [-0.39, 0.29) is 0 Å². The van der Waals surface area contributed by atoms with E-state index >= 15 is 0 Å². The fourth-order valence-corrected chi connectivity index (χ4v) is 9.05. The Labute approximate surface area is 232 Å². The zero-order valence-corrected chi connectivity index (χ0v) is 25.3. The van der Waals surface area contributed by atoms with Crippen LogP contribution in [0.1, 0.15) is 22.3 Å². The third-order valence-corrected chi connectivity index (χ3v) is 11.3. The van der Waals surface area contributed by atoms with Crippen LogP contribution in [0.4, 0.5) is 0 Å². The molecule has 0 heterocycles. The van der Waals surface area contributed by atoms with E-state index in [0.29, 0.717) is 23.0 Å². The van der Waals surface area contributed by atoms with E-state index in [1.165, 1.54) is 0 Å². The van der Waals surface area contributed by atoms with Crippen molar-refractivity contribution in [3.8, 4) is 23.0 Å². The van der Waals surface area contributed by atoms with E-state index in [1.807, 2.05) is 125 Å². The van der Waals surface area contributed by atoms with Gasteiger partial charge in [0.15, 0.2) is 0 Å². The van der Waals surface area contributed by atoms with E-state index in [0.717, 1.165) is 22.3 Å². The first-order valence-corrected chi connectivity index (χ1v) is 16.9. The second-order valence-corrected chi connectivity index (χ2v) is 14.2. The van der Waals surface area contributed by atoms with Gasteiger partial charge in [-0.2, -0.15) is 0 Å². The van der Waals surface area contributed by atoms with Gasteiger partial charge in [0.05, 0.1) is 0 Å². The van der Waals surface area contributed by atoms with E-state index < -0.39 is 24.6 Å². The zero-order valence-electron chi connectivity index (χ0n) is 22.4. The molecule has 0 unspecified atom stereocenters. The Morgan fingerprint density at radius 2 is 0.872 bits per heavy atom. The molecule has 0 aliphatic heterocycles. The first kappa shape index (κ1) is 29.0. The predicted octanol–water partition coefficient (Wildman–Crippen LogP) is 7.91. The minimum absolute atomic E-state index is 0.555. The third kappa shape index (κ3) is 9.05. The molecule has 4 rings (SSSR count). The Balaban J connectivity index is 1.75. The molecular formula is C28H35N4O4P3. The first-order valence-electron chi connectivity index (χ1n) is 12.4. The molecule has 0 fully saturated rings. The molecular weight excluding hydrogens is 549 g/mol. The Bertz CT molecular complexity index is 1290. The van der Waals surface area contributed by atoms with Gasteiger partial charge in [0, 0.05) is 0 Å². The molecule has 0 saturated heterocycles. The van der Waals surface area contributed by atoms with Crippen LogP contribution in [0.25, 0.3) is 0 Å². The molecule has 11 heteroatoms. The fourth-order valence-electron chi connectivity index (χ4n) is 3.41. The van der Waals surface area contributed by atoms with Crippen molar-refractivity contribution in [2.75, 3.05) is 0 Å². The van der Waals surface area contributed by atoms with Gasteiger partial charge >= 0.3 is 233 Å². The number of nitrogens with two attached hydrogens (primary N) is 2. The predicted molar refractivity (Wildman–Crippen MR) is 165 cm³/mol. The number of rotatable bonds is 11. The maximum absolute atomic E-state index is 6.51. The summed E-state index contributed by atoms with van der Waals surface area (Å²) in [4.78, 5) is 3.36. The van der Waals surface area contributed by atoms with E-state index in [4.69, 9.17) is 33.6 Å². The average Bonchev–Trinajstić information content (AvgIpc) is 2.89. The van der Waals surface area contributed by atoms with E-state index in [2.05, 4.69) is 4.86 Å². The van der Waals surface area contributed by atoms with Gasteiger partial charge in [-0.3, -0.25) is 0 Å². The fraction of sp³-hybridized carbons (Fsp3) is 0.143. The molecule has 0 atom stereocenters. The molecule has 0 aromatic heterocycles. The van der Waals surface area contributed by atoms with Crippen molar-refractivity contribution in [2.24, 2.45) is 15.5 Å². The molecule has 4 aromatic carbocycles. The molecule has 0 spiro atoms. The Kier molecular flexibility index (Phi) is 9.99. The van der Waals surface area contributed by atoms with Gasteiger partial charge in [-0.25, -0.2) is 0 Å². The number of nitrogens with zero attached hydrogens (tertiary/aromatic N) is 1. The summed E-state index contributed by atoms with van der Waals surface area (Å²) in [6.07, 6.45) is 0. The topological polar surface area (TPSA) is 113 Å². The molecule has 39 heavy (non-hydrogen) atoms. The minimum atomic E-state index is -3.82. The van der Waals surface area contributed by atoms with Crippen LogP contribution in [0, 0.1) is 27.7 Å². The summed E-state index contributed by atoms with van der Waals surface area (Å²) < 4.78 is 30.4. The summed E-state index contributed by atoms with van der Waals surface area (Å²) in [5, 5.41) is 0. The third-order valence-electron chi connectivity index (χ3n) is 5.48. The average molecular weight is 585 g/mol. The Morgan fingerprint density at radius 1 is 0.564 bits per heavy atom. The quantitative estimate of drug-likeness (QED) is 0.154. The molecule has 0 radical (unpaired) electrons. The monoisotopic (exact) mass is 584 g/mol. The summed E-state index contributed by atoms with van der Waals surface area (Å²) in [5.74, 6) is 2.34. The van der Waals surface area contributed by atoms with Crippen molar-refractivity contribution in [1.29, 1.82) is 0 Å². The summed E-state index contributed by atoms with van der Waals surface area (Å²) in [5.41, 5.74) is 16.7. The van der Waals surface area contributed by atoms with Crippen molar-refractivity contribution in [2.45, 2.75) is 27.7 Å². The molecule has 5 N–H and O–H groups in total. The Hall–Kier alpha value is -2.95. The standard InChI is InChI=1S/C28H35N4O4P3/c1-21-5-13-25(14-6-21)33-38(34-26-15-7-22(2)8-16-26)32-39(31-37(29)30,35-27-17-9-23(3)10-18-27)36-28-19-11-24(4)12-20-28/h5-20,32,37,39H,1-4H3,(H4,29,30,31). The molecule has 0 amide bonds. The van der Waals surface area contributed by atoms with Crippen molar-refractivity contribution in [1.82, 2.24) is 4.86 Å². The van der Waals surface area contributed by atoms with Crippen LogP contribution >= 0.6 is 24.6 Å². The van der Waals surface area contributed by atoms with Gasteiger partial charge in [-0.15, -0.1) is 0 Å². The van der Waals surface area contributed by atoms with Gasteiger partial charge in [-0.05, 0) is 0 Å². The summed E-state index contributed by atoms with van der Waals surface area (Å²) in [6, 6.07) is 30.6. The van der Waals surface area contributed by atoms with Crippen LogP contribution in [0.3, 0.4) is 0 Å². The van der Waals surface area contributed by atoms with Crippen molar-refractivity contribution in [3.63, 3.8) is 0 Å². The van der Waals surface area contributed by atoms with Crippen LogP contribution in [0.2, 0.25) is 0 Å². The van der Waals surface area contributed by atoms with E-state index in [1.54, 1.807) is 0 Å². The molecule has 0 aliphatic rings. The molecule has 0 saturated carbocycles. The van der Waals surface area contributed by atoms with Crippen molar-refractivity contribution >= 4 is 24.6 Å². The summed E-state index contributed by atoms with van der Waals surface area (Å²) in [7, 11) is -7.87. The number of nitrogens with one attached hydrogen (secondary N) is 1. The van der Waals surface area contributed by atoms with Gasteiger partial charge in [0.1, 0.15) is 0 Å². The van der Waals surface area contributed by atoms with Crippen molar-refractivity contribution in [3.05, 3.63) is 119 Å². The van der Waals surface area contributed by atoms with Crippen LogP contribution in [-0.2, 0) is 0 Å². The molecule has 0 aliphatic carbocycles. The molecule has 0 bridgehead atoms. The van der Waals surface area contributed by atoms with Crippen molar-refractivity contribution < 1.29 is 18.1 Å². The molecule has 206 valence electrons. The number of hydrogen-bond acceptors (Lipinski definition) is 6. The number of benzene rings is 4. The van der Waals surface area contributed by atoms with Gasteiger partial charge in [0.25, 0.3) is 0 Å². The van der Waals surface area contributed by atoms with E-state index in [9.17, 15) is 0 Å². The maximum atomic E-state index is 6.51. The first-order chi connectivity index (χ1) is 18.7. The zero-order chi connectivity index (χ0) is 27.8. The number of aryl methyl sites for hydroxylation is 4. The van der Waals surface area contributed by atoms with Crippen LogP contribution in [0.5, 0.6) is 23.0 Å². The van der Waals surface area contributed by atoms with Crippen LogP contribution in [-0.4, -0.2) is 0 Å². The molecule has 4 aromatic rings. The van der Waals surface area contributed by atoms with Gasteiger partial charge in [-0.1, -0.05) is 0 Å². The van der Waals surface area contributed by atoms with Crippen LogP contribution in [0.15, 0.2) is 102 Å². The SMILES string of the molecule is Cc1ccc(OP(N[PH](N=[PH](N)N)(Oc2ccc(C)cc2)Oc2ccc(C)cc2)Oc2ccc(C)cc2)cc1. The Morgan fingerprint density at radius 3 is 1.18 bits per heavy atom. The summed E-state index contributed by atoms with van der Waals surface area (Å²) >= 11 is 0. The second kappa shape index (κ2) is 13.4. The normalized spacial score (nSPS) is 11.8. The second-order valence-electron chi connectivity index (χ2n) is 9.13. The van der Waals surface area contributed by atoms with Crippen LogP contribution < -0.4 is 34.0 Å². The summed E-state index contributed by atoms with van der Waals surface area (Å²) in [6.45, 7) is 8.04. The number of hydrogen-bond donors (Lipinski definition) is 3.